The molecule has 0 heterocycles. The lowest BCUT2D eigenvalue weighted by atomic mass is 10.1. The monoisotopic (exact) mass is 269 g/mol. The quantitative estimate of drug-likeness (QED) is 0.595. The first-order valence-electron chi connectivity index (χ1n) is 5.77. The Bertz CT molecular complexity index is 396. The lowest BCUT2D eigenvalue weighted by molar-refractivity contribution is 0.549. The Labute approximate surface area is 114 Å². The molecule has 1 aromatic carbocycles. The molecule has 1 nitrogen and oxygen atoms in total. The maximum atomic E-state index is 6.14. The molecule has 0 aliphatic carbocycles. The van der Waals surface area contributed by atoms with Crippen molar-refractivity contribution in [2.75, 3.05) is 6.54 Å². The Hall–Kier alpha value is -0.680. The first-order valence-corrected chi connectivity index (χ1v) is 6.52. The fourth-order valence-electron chi connectivity index (χ4n) is 1.63. The molecule has 1 rings (SSSR count). The van der Waals surface area contributed by atoms with Gasteiger partial charge in [-0.05, 0) is 44.0 Å². The van der Waals surface area contributed by atoms with Crippen molar-refractivity contribution in [3.8, 4) is 12.3 Å². The standard InChI is InChI=1S/C14H17Cl2N/c1-3-4-5-6-9-17-11(2)13-8-7-12(15)10-14(13)16/h1,7-8,10-11,17H,4-6,9H2,2H3. The van der Waals surface area contributed by atoms with Crippen LogP contribution < -0.4 is 5.32 Å². The average molecular weight is 270 g/mol. The minimum absolute atomic E-state index is 0.227. The van der Waals surface area contributed by atoms with Gasteiger partial charge in [-0.3, -0.25) is 0 Å². The van der Waals surface area contributed by atoms with Crippen molar-refractivity contribution in [1.29, 1.82) is 0 Å². The molecular formula is C14H17Cl2N. The summed E-state index contributed by atoms with van der Waals surface area (Å²) in [6.45, 7) is 3.04. The molecule has 0 aliphatic heterocycles. The minimum Gasteiger partial charge on any atom is -0.310 e. The lowest BCUT2D eigenvalue weighted by Crippen LogP contribution is -2.20. The van der Waals surface area contributed by atoms with Gasteiger partial charge in [0.2, 0.25) is 0 Å². The van der Waals surface area contributed by atoms with Crippen molar-refractivity contribution in [1.82, 2.24) is 5.32 Å². The minimum atomic E-state index is 0.227. The van der Waals surface area contributed by atoms with Crippen molar-refractivity contribution < 1.29 is 0 Å². The number of unbranched alkanes of at least 4 members (excludes halogenated alkanes) is 2. The fourth-order valence-corrected chi connectivity index (χ4v) is 2.21. The number of halogens is 2. The Morgan fingerprint density at radius 1 is 1.35 bits per heavy atom. The molecule has 1 aromatic rings. The number of nitrogens with one attached hydrogen (secondary N) is 1. The smallest absolute Gasteiger partial charge is 0.0468 e. The maximum absolute atomic E-state index is 6.14. The van der Waals surface area contributed by atoms with Crippen LogP contribution in [0, 0.1) is 12.3 Å². The van der Waals surface area contributed by atoms with E-state index in [4.69, 9.17) is 29.6 Å². The number of terminal acetylenes is 1. The predicted octanol–water partition coefficient (Wildman–Crippen LogP) is 4.45. The molecule has 92 valence electrons. The van der Waals surface area contributed by atoms with E-state index in [0.29, 0.717) is 10.0 Å². The molecule has 1 unspecified atom stereocenters. The third-order valence-electron chi connectivity index (χ3n) is 2.63. The number of hydrogen-bond donors (Lipinski definition) is 1. The lowest BCUT2D eigenvalue weighted by Gasteiger charge is -2.15. The number of benzene rings is 1. The van der Waals surface area contributed by atoms with E-state index in [2.05, 4.69) is 18.2 Å². The zero-order valence-corrected chi connectivity index (χ0v) is 11.5. The second-order valence-electron chi connectivity index (χ2n) is 4.00. The Morgan fingerprint density at radius 3 is 2.76 bits per heavy atom. The molecule has 0 aliphatic rings. The summed E-state index contributed by atoms with van der Waals surface area (Å²) in [4.78, 5) is 0. The van der Waals surface area contributed by atoms with E-state index >= 15 is 0 Å². The van der Waals surface area contributed by atoms with Crippen LogP contribution in [0.15, 0.2) is 18.2 Å². The fraction of sp³-hybridized carbons (Fsp3) is 0.429. The molecule has 0 saturated heterocycles. The highest BCUT2D eigenvalue weighted by Gasteiger charge is 2.08. The SMILES string of the molecule is C#CCCCCNC(C)c1ccc(Cl)cc1Cl. The molecule has 0 saturated carbocycles. The second-order valence-corrected chi connectivity index (χ2v) is 4.85. The van der Waals surface area contributed by atoms with Crippen LogP contribution in [0.2, 0.25) is 10.0 Å². The summed E-state index contributed by atoms with van der Waals surface area (Å²) in [6.07, 6.45) is 8.18. The molecule has 1 atom stereocenters. The highest BCUT2D eigenvalue weighted by Crippen LogP contribution is 2.25. The van der Waals surface area contributed by atoms with Crippen LogP contribution in [-0.4, -0.2) is 6.54 Å². The van der Waals surface area contributed by atoms with Crippen molar-refractivity contribution in [3.63, 3.8) is 0 Å². The van der Waals surface area contributed by atoms with Crippen LogP contribution in [0.25, 0.3) is 0 Å². The predicted molar refractivity (Wildman–Crippen MR) is 75.6 cm³/mol. The third kappa shape index (κ3) is 5.00. The van der Waals surface area contributed by atoms with Crippen LogP contribution in [-0.2, 0) is 0 Å². The normalized spacial score (nSPS) is 12.1. The Morgan fingerprint density at radius 2 is 2.12 bits per heavy atom. The molecule has 0 spiro atoms. The molecule has 0 fully saturated rings. The van der Waals surface area contributed by atoms with Crippen LogP contribution >= 0.6 is 23.2 Å². The highest BCUT2D eigenvalue weighted by atomic mass is 35.5. The Kier molecular flexibility index (Phi) is 6.44. The summed E-state index contributed by atoms with van der Waals surface area (Å²) < 4.78 is 0. The molecule has 0 amide bonds. The van der Waals surface area contributed by atoms with Gasteiger partial charge in [-0.15, -0.1) is 12.3 Å². The highest BCUT2D eigenvalue weighted by molar-refractivity contribution is 6.35. The van der Waals surface area contributed by atoms with Crippen LogP contribution in [0.5, 0.6) is 0 Å². The molecule has 0 radical (unpaired) electrons. The van der Waals surface area contributed by atoms with Gasteiger partial charge >= 0.3 is 0 Å². The first-order chi connectivity index (χ1) is 8.15. The summed E-state index contributed by atoms with van der Waals surface area (Å²) >= 11 is 12.0. The topological polar surface area (TPSA) is 12.0 Å². The maximum Gasteiger partial charge on any atom is 0.0468 e. The number of hydrogen-bond acceptors (Lipinski definition) is 1. The first kappa shape index (κ1) is 14.4. The number of rotatable bonds is 6. The van der Waals surface area contributed by atoms with Crippen LogP contribution in [0.3, 0.4) is 0 Å². The summed E-state index contributed by atoms with van der Waals surface area (Å²) in [5.41, 5.74) is 1.08. The van der Waals surface area contributed by atoms with Crippen molar-refractivity contribution in [3.05, 3.63) is 33.8 Å². The second kappa shape index (κ2) is 7.61. The van der Waals surface area contributed by atoms with Gasteiger partial charge in [-0.1, -0.05) is 29.3 Å². The zero-order chi connectivity index (χ0) is 12.7. The van der Waals surface area contributed by atoms with Gasteiger partial charge in [0.25, 0.3) is 0 Å². The summed E-state index contributed by atoms with van der Waals surface area (Å²) in [7, 11) is 0. The molecule has 1 N–H and O–H groups in total. The molecular weight excluding hydrogens is 253 g/mol. The van der Waals surface area contributed by atoms with Gasteiger partial charge in [0.1, 0.15) is 0 Å². The van der Waals surface area contributed by atoms with E-state index in [1.807, 2.05) is 12.1 Å². The van der Waals surface area contributed by atoms with Crippen LogP contribution in [0.1, 0.15) is 37.8 Å². The molecule has 3 heteroatoms. The van der Waals surface area contributed by atoms with E-state index in [1.165, 1.54) is 0 Å². The van der Waals surface area contributed by atoms with Gasteiger partial charge in [-0.2, -0.15) is 0 Å². The average Bonchev–Trinajstić information content (AvgIpc) is 2.28. The van der Waals surface area contributed by atoms with Crippen molar-refractivity contribution in [2.45, 2.75) is 32.2 Å². The molecule has 17 heavy (non-hydrogen) atoms. The summed E-state index contributed by atoms with van der Waals surface area (Å²) in [5.74, 6) is 2.64. The van der Waals surface area contributed by atoms with E-state index in [9.17, 15) is 0 Å². The van der Waals surface area contributed by atoms with Gasteiger partial charge in [-0.25, -0.2) is 0 Å². The zero-order valence-electron chi connectivity index (χ0n) is 9.97. The van der Waals surface area contributed by atoms with Crippen molar-refractivity contribution in [2.24, 2.45) is 0 Å². The van der Waals surface area contributed by atoms with Crippen molar-refractivity contribution >= 4 is 23.2 Å². The summed E-state index contributed by atoms with van der Waals surface area (Å²) in [5, 5.41) is 4.80. The van der Waals surface area contributed by atoms with E-state index < -0.39 is 0 Å². The largest absolute Gasteiger partial charge is 0.310 e. The van der Waals surface area contributed by atoms with E-state index in [-0.39, 0.29) is 6.04 Å². The third-order valence-corrected chi connectivity index (χ3v) is 3.19. The van der Waals surface area contributed by atoms with Gasteiger partial charge < -0.3 is 5.32 Å². The van der Waals surface area contributed by atoms with Gasteiger partial charge in [0, 0.05) is 22.5 Å². The van der Waals surface area contributed by atoms with Crippen LogP contribution in [0.4, 0.5) is 0 Å². The summed E-state index contributed by atoms with van der Waals surface area (Å²) in [6, 6.07) is 5.82. The Balaban J connectivity index is 2.42. The van der Waals surface area contributed by atoms with E-state index in [1.54, 1.807) is 6.07 Å². The van der Waals surface area contributed by atoms with Gasteiger partial charge in [0.05, 0.1) is 0 Å². The van der Waals surface area contributed by atoms with Gasteiger partial charge in [0.15, 0.2) is 0 Å². The van der Waals surface area contributed by atoms with E-state index in [0.717, 1.165) is 31.4 Å². The molecule has 0 bridgehead atoms. The molecule has 0 aromatic heterocycles.